The van der Waals surface area contributed by atoms with E-state index in [1.165, 1.54) is 12.1 Å². The summed E-state index contributed by atoms with van der Waals surface area (Å²) in [5.74, 6) is 1.15. The predicted molar refractivity (Wildman–Crippen MR) is 89.8 cm³/mol. The molecular formula is C18H21FN2O2. The van der Waals surface area contributed by atoms with Gasteiger partial charge in [-0.25, -0.2) is 4.39 Å². The lowest BCUT2D eigenvalue weighted by molar-refractivity contribution is 0.215. The minimum atomic E-state index is -0.296. The molecule has 0 amide bonds. The number of anilines is 1. The van der Waals surface area contributed by atoms with E-state index in [1.807, 2.05) is 26.0 Å². The first-order valence-corrected chi connectivity index (χ1v) is 7.63. The Kier molecular flexibility index (Phi) is 4.13. The third-order valence-electron chi connectivity index (χ3n) is 4.13. The molecule has 1 aliphatic heterocycles. The average molecular weight is 316 g/mol. The van der Waals surface area contributed by atoms with Crippen LogP contribution in [0.25, 0.3) is 11.1 Å². The molecule has 1 atom stereocenters. The van der Waals surface area contributed by atoms with Gasteiger partial charge in [0, 0.05) is 18.2 Å². The second-order valence-corrected chi connectivity index (χ2v) is 5.82. The molecule has 0 aromatic heterocycles. The molecule has 2 aromatic carbocycles. The fourth-order valence-corrected chi connectivity index (χ4v) is 3.07. The molecule has 23 heavy (non-hydrogen) atoms. The van der Waals surface area contributed by atoms with Crippen molar-refractivity contribution < 1.29 is 13.9 Å². The van der Waals surface area contributed by atoms with Gasteiger partial charge in [0.15, 0.2) is 5.75 Å². The summed E-state index contributed by atoms with van der Waals surface area (Å²) >= 11 is 0. The molecular weight excluding hydrogens is 295 g/mol. The van der Waals surface area contributed by atoms with Gasteiger partial charge in [-0.3, -0.25) is 0 Å². The van der Waals surface area contributed by atoms with Crippen molar-refractivity contribution in [2.24, 2.45) is 5.73 Å². The van der Waals surface area contributed by atoms with E-state index >= 15 is 0 Å². The Morgan fingerprint density at radius 2 is 1.96 bits per heavy atom. The molecule has 4 nitrogen and oxygen atoms in total. The number of fused-ring (bicyclic) bond motifs is 1. The standard InChI is InChI=1S/C18H21FN2O2/c1-10-4-13(22-3)5-11(2)17(10)15-6-12(19)7-16-18(15)23-14(8-20)9-21-16/h4-7,14,21H,8-9,20H2,1-3H3. The van der Waals surface area contributed by atoms with Crippen LogP contribution in [0.5, 0.6) is 11.5 Å². The molecule has 122 valence electrons. The minimum Gasteiger partial charge on any atom is -0.497 e. The predicted octanol–water partition coefficient (Wildman–Crippen LogP) is 3.25. The summed E-state index contributed by atoms with van der Waals surface area (Å²) in [6.45, 7) is 4.95. The van der Waals surface area contributed by atoms with Gasteiger partial charge < -0.3 is 20.5 Å². The maximum Gasteiger partial charge on any atom is 0.151 e. The average Bonchev–Trinajstić information content (AvgIpc) is 2.53. The van der Waals surface area contributed by atoms with Gasteiger partial charge in [0.1, 0.15) is 17.7 Å². The number of rotatable bonds is 3. The van der Waals surface area contributed by atoms with Crippen molar-refractivity contribution >= 4 is 5.69 Å². The summed E-state index contributed by atoms with van der Waals surface area (Å²) in [7, 11) is 1.64. The molecule has 0 fully saturated rings. The highest BCUT2D eigenvalue weighted by Crippen LogP contribution is 2.43. The highest BCUT2D eigenvalue weighted by atomic mass is 19.1. The van der Waals surface area contributed by atoms with Gasteiger partial charge in [-0.05, 0) is 48.7 Å². The van der Waals surface area contributed by atoms with Crippen molar-refractivity contribution in [3.63, 3.8) is 0 Å². The summed E-state index contributed by atoms with van der Waals surface area (Å²) in [5.41, 5.74) is 10.1. The highest BCUT2D eigenvalue weighted by Gasteiger charge is 2.24. The number of hydrogen-bond acceptors (Lipinski definition) is 4. The number of nitrogens with one attached hydrogen (secondary N) is 1. The van der Waals surface area contributed by atoms with Gasteiger partial charge in [-0.1, -0.05) is 0 Å². The lowest BCUT2D eigenvalue weighted by Crippen LogP contribution is -2.37. The summed E-state index contributed by atoms with van der Waals surface area (Å²) in [6.07, 6.45) is -0.120. The van der Waals surface area contributed by atoms with Crippen LogP contribution in [-0.4, -0.2) is 26.3 Å². The third kappa shape index (κ3) is 2.84. The van der Waals surface area contributed by atoms with Crippen LogP contribution in [0.3, 0.4) is 0 Å². The summed E-state index contributed by atoms with van der Waals surface area (Å²) in [5, 5.41) is 3.21. The van der Waals surface area contributed by atoms with Crippen molar-refractivity contribution in [3.8, 4) is 22.6 Å². The van der Waals surface area contributed by atoms with Gasteiger partial charge >= 0.3 is 0 Å². The molecule has 3 rings (SSSR count). The van der Waals surface area contributed by atoms with E-state index < -0.39 is 0 Å². The lowest BCUT2D eigenvalue weighted by Gasteiger charge is -2.29. The zero-order valence-electron chi connectivity index (χ0n) is 13.6. The van der Waals surface area contributed by atoms with E-state index in [4.69, 9.17) is 15.2 Å². The number of halogens is 1. The van der Waals surface area contributed by atoms with Crippen LogP contribution >= 0.6 is 0 Å². The van der Waals surface area contributed by atoms with Crippen LogP contribution < -0.4 is 20.5 Å². The van der Waals surface area contributed by atoms with Crippen LogP contribution in [0.15, 0.2) is 24.3 Å². The molecule has 0 aliphatic carbocycles. The third-order valence-corrected chi connectivity index (χ3v) is 4.13. The van der Waals surface area contributed by atoms with Crippen LogP contribution in [0.1, 0.15) is 11.1 Å². The Labute approximate surface area is 135 Å². The number of hydrogen-bond donors (Lipinski definition) is 2. The fraction of sp³-hybridized carbons (Fsp3) is 0.333. The molecule has 0 spiro atoms. The highest BCUT2D eigenvalue weighted by molar-refractivity contribution is 5.83. The summed E-state index contributed by atoms with van der Waals surface area (Å²) < 4.78 is 25.4. The van der Waals surface area contributed by atoms with E-state index in [2.05, 4.69) is 5.32 Å². The van der Waals surface area contributed by atoms with Crippen LogP contribution in [0, 0.1) is 19.7 Å². The van der Waals surface area contributed by atoms with Gasteiger partial charge in [-0.15, -0.1) is 0 Å². The fourth-order valence-electron chi connectivity index (χ4n) is 3.07. The molecule has 0 radical (unpaired) electrons. The van der Waals surface area contributed by atoms with Crippen molar-refractivity contribution in [2.75, 3.05) is 25.5 Å². The molecule has 0 saturated heterocycles. The number of benzene rings is 2. The maximum absolute atomic E-state index is 14.1. The molecule has 3 N–H and O–H groups in total. The van der Waals surface area contributed by atoms with Crippen molar-refractivity contribution in [1.82, 2.24) is 0 Å². The Morgan fingerprint density at radius 1 is 1.26 bits per heavy atom. The minimum absolute atomic E-state index is 0.120. The number of aryl methyl sites for hydroxylation is 2. The number of ether oxygens (including phenoxy) is 2. The molecule has 1 aliphatic rings. The van der Waals surface area contributed by atoms with E-state index in [-0.39, 0.29) is 11.9 Å². The lowest BCUT2D eigenvalue weighted by atomic mass is 9.93. The van der Waals surface area contributed by atoms with E-state index in [0.717, 1.165) is 28.0 Å². The van der Waals surface area contributed by atoms with Crippen molar-refractivity contribution in [1.29, 1.82) is 0 Å². The number of methoxy groups -OCH3 is 1. The first-order chi connectivity index (χ1) is 11.0. The molecule has 1 unspecified atom stereocenters. The van der Waals surface area contributed by atoms with E-state index in [0.29, 0.717) is 24.5 Å². The smallest absolute Gasteiger partial charge is 0.151 e. The Bertz CT molecular complexity index is 723. The normalized spacial score (nSPS) is 16.3. The van der Waals surface area contributed by atoms with Crippen molar-refractivity contribution in [3.05, 3.63) is 41.2 Å². The van der Waals surface area contributed by atoms with Gasteiger partial charge in [0.2, 0.25) is 0 Å². The molecule has 0 saturated carbocycles. The van der Waals surface area contributed by atoms with E-state index in [1.54, 1.807) is 7.11 Å². The molecule has 2 aromatic rings. The number of nitrogens with two attached hydrogens (primary N) is 1. The first kappa shape index (κ1) is 15.6. The van der Waals surface area contributed by atoms with Crippen LogP contribution in [-0.2, 0) is 0 Å². The monoisotopic (exact) mass is 316 g/mol. The molecule has 5 heteroatoms. The zero-order chi connectivity index (χ0) is 16.6. The first-order valence-electron chi connectivity index (χ1n) is 7.63. The van der Waals surface area contributed by atoms with Crippen LogP contribution in [0.2, 0.25) is 0 Å². The maximum atomic E-state index is 14.1. The van der Waals surface area contributed by atoms with Crippen LogP contribution in [0.4, 0.5) is 10.1 Å². The van der Waals surface area contributed by atoms with Gasteiger partial charge in [0.25, 0.3) is 0 Å². The second-order valence-electron chi connectivity index (χ2n) is 5.82. The second kappa shape index (κ2) is 6.08. The Balaban J connectivity index is 2.19. The quantitative estimate of drug-likeness (QED) is 0.912. The van der Waals surface area contributed by atoms with Gasteiger partial charge in [-0.2, -0.15) is 0 Å². The SMILES string of the molecule is COc1cc(C)c(-c2cc(F)cc3c2OC(CN)CN3)c(C)c1. The summed E-state index contributed by atoms with van der Waals surface area (Å²) in [6, 6.07) is 6.85. The van der Waals surface area contributed by atoms with E-state index in [9.17, 15) is 4.39 Å². The largest absolute Gasteiger partial charge is 0.497 e. The zero-order valence-corrected chi connectivity index (χ0v) is 13.6. The Hall–Kier alpha value is -2.27. The molecule has 0 bridgehead atoms. The van der Waals surface area contributed by atoms with Crippen molar-refractivity contribution in [2.45, 2.75) is 20.0 Å². The van der Waals surface area contributed by atoms with Gasteiger partial charge in [0.05, 0.1) is 19.3 Å². The Morgan fingerprint density at radius 3 is 2.57 bits per heavy atom. The molecule has 1 heterocycles. The summed E-state index contributed by atoms with van der Waals surface area (Å²) in [4.78, 5) is 0. The topological polar surface area (TPSA) is 56.5 Å².